The summed E-state index contributed by atoms with van der Waals surface area (Å²) in [6, 6.07) is 106. The van der Waals surface area contributed by atoms with Gasteiger partial charge in [0.15, 0.2) is 0 Å². The van der Waals surface area contributed by atoms with Crippen molar-refractivity contribution in [3.05, 3.63) is 367 Å². The van der Waals surface area contributed by atoms with E-state index in [1.807, 2.05) is 0 Å². The summed E-state index contributed by atoms with van der Waals surface area (Å²) in [5, 5.41) is 2.46. The summed E-state index contributed by atoms with van der Waals surface area (Å²) in [7, 11) is 0. The summed E-state index contributed by atoms with van der Waals surface area (Å²) >= 11 is 0. The van der Waals surface area contributed by atoms with Crippen molar-refractivity contribution < 1.29 is 0 Å². The van der Waals surface area contributed by atoms with Crippen LogP contribution < -0.4 is 26.2 Å². The third-order valence-electron chi connectivity index (χ3n) is 22.0. The molecule has 12 aromatic carbocycles. The van der Waals surface area contributed by atoms with Gasteiger partial charge < -0.3 is 14.4 Å². The normalized spacial score (nSPS) is 16.4. The van der Waals surface area contributed by atoms with Gasteiger partial charge in [-0.1, -0.05) is 327 Å². The van der Waals surface area contributed by atoms with Crippen molar-refractivity contribution in [2.75, 3.05) is 9.80 Å². The quantitative estimate of drug-likeness (QED) is 0.133. The van der Waals surface area contributed by atoms with E-state index >= 15 is 0 Å². The van der Waals surface area contributed by atoms with Gasteiger partial charge in [0.25, 0.3) is 6.71 Å². The molecule has 2 unspecified atom stereocenters. The Morgan fingerprint density at radius 3 is 1.24 bits per heavy atom. The van der Waals surface area contributed by atoms with Gasteiger partial charge in [-0.15, -0.1) is 0 Å². The van der Waals surface area contributed by atoms with E-state index in [1.54, 1.807) is 0 Å². The summed E-state index contributed by atoms with van der Waals surface area (Å²) in [5.41, 5.74) is 36.1. The molecule has 0 bridgehead atoms. The van der Waals surface area contributed by atoms with Gasteiger partial charge in [-0.25, -0.2) is 0 Å². The Morgan fingerprint density at radius 2 is 0.750 bits per heavy atom. The zero-order valence-electron chi connectivity index (χ0n) is 57.3. The first-order valence-electron chi connectivity index (χ1n) is 35.5. The van der Waals surface area contributed by atoms with Gasteiger partial charge in [0, 0.05) is 73.3 Å². The lowest BCUT2D eigenvalue weighted by molar-refractivity contribution is 0.500. The van der Waals surface area contributed by atoms with E-state index in [4.69, 9.17) is 0 Å². The number of rotatable bonds is 9. The Morgan fingerprint density at radius 1 is 0.320 bits per heavy atom. The predicted molar refractivity (Wildman–Crippen MR) is 425 cm³/mol. The minimum atomic E-state index is -0.217. The van der Waals surface area contributed by atoms with Crippen LogP contribution in [0.3, 0.4) is 0 Å². The number of allylic oxidation sites excluding steroid dienone is 14. The van der Waals surface area contributed by atoms with E-state index in [0.717, 1.165) is 95.4 Å². The molecule has 0 amide bonds. The number of aromatic nitrogens is 1. The van der Waals surface area contributed by atoms with E-state index in [0.29, 0.717) is 5.92 Å². The van der Waals surface area contributed by atoms with E-state index in [1.165, 1.54) is 82.8 Å². The lowest BCUT2D eigenvalue weighted by Crippen LogP contribution is -2.61. The number of hydrogen-bond donors (Lipinski definition) is 0. The highest BCUT2D eigenvalue weighted by Crippen LogP contribution is 2.56. The van der Waals surface area contributed by atoms with Crippen molar-refractivity contribution in [1.82, 2.24) is 4.57 Å². The topological polar surface area (TPSA) is 11.4 Å². The maximum Gasteiger partial charge on any atom is 0.252 e. The third-order valence-corrected chi connectivity index (χ3v) is 22.0. The lowest BCUT2D eigenvalue weighted by Gasteiger charge is -2.46. The summed E-state index contributed by atoms with van der Waals surface area (Å²) < 4.78 is 2.49. The Balaban J connectivity index is 0.947. The monoisotopic (exact) mass is 1280 g/mol. The minimum Gasteiger partial charge on any atom is -0.310 e. The highest BCUT2D eigenvalue weighted by molar-refractivity contribution is 7.00. The SMILES string of the molecule is CC(C)(C)C1=CC2=CC=C3C=C(c4ccc5c(c4)N(c4c(-c6ccccc6)cccc4-c4ccccc4)c4cc(-c6ccc(C(C)(C)C)cc6)cc6c4B5c4ccc(-n5c7ccccc7c7ccccc75)cc4N6c4c(-c5ccccc5)cccc4-c4ccccc4)C=C4C=CC(=C1)C2C34. The molecule has 3 heterocycles. The van der Waals surface area contributed by atoms with Crippen LogP contribution >= 0.6 is 0 Å². The largest absolute Gasteiger partial charge is 0.310 e. The smallest absolute Gasteiger partial charge is 0.252 e. The Hall–Kier alpha value is -11.7. The van der Waals surface area contributed by atoms with Crippen LogP contribution in [0.25, 0.3) is 88.7 Å². The molecular weight excluding hydrogens is 1210 g/mol. The van der Waals surface area contributed by atoms with Gasteiger partial charge in [-0.3, -0.25) is 0 Å². The van der Waals surface area contributed by atoms with Crippen LogP contribution in [-0.4, -0.2) is 11.3 Å². The number of nitrogens with zero attached hydrogens (tertiary/aromatic N) is 3. The lowest BCUT2D eigenvalue weighted by atomic mass is 9.33. The van der Waals surface area contributed by atoms with Gasteiger partial charge in [-0.05, 0) is 148 Å². The molecule has 6 aliphatic rings. The second-order valence-corrected chi connectivity index (χ2v) is 30.0. The van der Waals surface area contributed by atoms with E-state index in [2.05, 4.69) is 384 Å². The first-order chi connectivity index (χ1) is 48.9. The van der Waals surface area contributed by atoms with Crippen molar-refractivity contribution >= 4 is 84.6 Å². The highest BCUT2D eigenvalue weighted by atomic mass is 15.2. The minimum absolute atomic E-state index is 0.0429. The molecule has 0 saturated heterocycles. The van der Waals surface area contributed by atoms with Crippen molar-refractivity contribution in [2.45, 2.75) is 47.0 Å². The van der Waals surface area contributed by atoms with Crippen LogP contribution in [0.1, 0.15) is 52.7 Å². The molecule has 1 aromatic heterocycles. The molecular formula is C96H74BN3. The summed E-state index contributed by atoms with van der Waals surface area (Å²) in [5.74, 6) is 0.544. The van der Waals surface area contributed by atoms with Gasteiger partial charge in [-0.2, -0.15) is 0 Å². The molecule has 100 heavy (non-hydrogen) atoms. The molecule has 0 fully saturated rings. The van der Waals surface area contributed by atoms with Gasteiger partial charge >= 0.3 is 0 Å². The summed E-state index contributed by atoms with van der Waals surface area (Å²) in [4.78, 5) is 5.39. The molecule has 13 aromatic rings. The fourth-order valence-electron chi connectivity index (χ4n) is 17.2. The molecule has 4 heteroatoms. The first-order valence-corrected chi connectivity index (χ1v) is 35.5. The maximum absolute atomic E-state index is 2.70. The Kier molecular flexibility index (Phi) is 13.7. The molecule has 4 aliphatic carbocycles. The van der Waals surface area contributed by atoms with E-state index in [-0.39, 0.29) is 23.5 Å². The van der Waals surface area contributed by atoms with Crippen molar-refractivity contribution in [2.24, 2.45) is 17.3 Å². The molecule has 3 nitrogen and oxygen atoms in total. The number of hydrogen-bond acceptors (Lipinski definition) is 2. The highest BCUT2D eigenvalue weighted by Gasteiger charge is 2.47. The fourth-order valence-corrected chi connectivity index (χ4v) is 17.2. The van der Waals surface area contributed by atoms with Gasteiger partial charge in [0.1, 0.15) is 0 Å². The standard InChI is InChI=1S/C96H74BN3/c1-95(2,3)73-48-45-61(46-49-73)72-58-88-92-89(59-72)100(94-78(64-29-15-9-16-30-64)37-24-38-79(94)65-31-17-10-18-32-65)87-60-75(98-84-39-21-19-33-80(84)81-34-20-22-40-85(81)98)50-52-83(87)97(92)82-51-47-66(71-53-67-41-43-69-55-74(96(4,5)6)56-70-44-42-68(54-71)90(67)91(69)70)57-86(82)99(88)93-76(62-25-11-7-12-26-62)35-23-36-77(93)63-27-13-8-14-28-63/h7-60,90-91H,1-6H3. The number of benzene rings is 12. The Labute approximate surface area is 587 Å². The fraction of sp³-hybridized carbons (Fsp3) is 0.104. The molecule has 2 atom stereocenters. The molecule has 476 valence electrons. The first kappa shape index (κ1) is 59.5. The van der Waals surface area contributed by atoms with Crippen molar-refractivity contribution in [1.29, 1.82) is 0 Å². The molecule has 0 radical (unpaired) electrons. The van der Waals surface area contributed by atoms with Crippen molar-refractivity contribution in [3.8, 4) is 61.3 Å². The van der Waals surface area contributed by atoms with E-state index < -0.39 is 0 Å². The van der Waals surface area contributed by atoms with Crippen LogP contribution in [-0.2, 0) is 5.41 Å². The predicted octanol–water partition coefficient (Wildman–Crippen LogP) is 23.4. The number of anilines is 6. The van der Waals surface area contributed by atoms with Crippen LogP contribution in [0.5, 0.6) is 0 Å². The number of fused-ring (bicyclic) bond motifs is 7. The molecule has 0 N–H and O–H groups in total. The van der Waals surface area contributed by atoms with Gasteiger partial charge in [0.05, 0.1) is 22.4 Å². The summed E-state index contributed by atoms with van der Waals surface area (Å²) in [6.07, 6.45) is 19.6. The zero-order valence-corrected chi connectivity index (χ0v) is 57.3. The summed E-state index contributed by atoms with van der Waals surface area (Å²) in [6.45, 7) is 13.7. The van der Waals surface area contributed by atoms with Crippen LogP contribution in [0, 0.1) is 17.3 Å². The third kappa shape index (κ3) is 9.56. The number of para-hydroxylation sites is 4. The van der Waals surface area contributed by atoms with Gasteiger partial charge in [0.2, 0.25) is 0 Å². The van der Waals surface area contributed by atoms with Crippen LogP contribution in [0.4, 0.5) is 34.1 Å². The molecule has 19 rings (SSSR count). The Bertz CT molecular complexity index is 5610. The van der Waals surface area contributed by atoms with Crippen LogP contribution in [0.2, 0.25) is 0 Å². The molecule has 0 spiro atoms. The average molecular weight is 1280 g/mol. The van der Waals surface area contributed by atoms with E-state index in [9.17, 15) is 0 Å². The average Bonchev–Trinajstić information content (AvgIpc) is 0.720. The van der Waals surface area contributed by atoms with Crippen molar-refractivity contribution in [3.63, 3.8) is 0 Å². The second kappa shape index (κ2) is 22.9. The maximum atomic E-state index is 2.70. The molecule has 2 aliphatic heterocycles. The van der Waals surface area contributed by atoms with Crippen LogP contribution in [0.15, 0.2) is 356 Å². The molecule has 0 saturated carbocycles. The second-order valence-electron chi connectivity index (χ2n) is 30.0. The zero-order chi connectivity index (χ0) is 67.1.